The quantitative estimate of drug-likeness (QED) is 0.745. The molecule has 94 valence electrons. The molecule has 0 amide bonds. The second-order valence-corrected chi connectivity index (χ2v) is 4.55. The Morgan fingerprint density at radius 3 is 2.17 bits per heavy atom. The second kappa shape index (κ2) is 3.90. The van der Waals surface area contributed by atoms with E-state index in [9.17, 15) is 13.2 Å². The summed E-state index contributed by atoms with van der Waals surface area (Å²) in [7, 11) is 0. The average molecular weight is 252 g/mol. The van der Waals surface area contributed by atoms with Crippen LogP contribution in [0.25, 0.3) is 11.3 Å². The van der Waals surface area contributed by atoms with Crippen molar-refractivity contribution in [3.63, 3.8) is 0 Å². The normalized spacial score (nSPS) is 15.9. The maximum Gasteiger partial charge on any atom is 0.416 e. The van der Waals surface area contributed by atoms with Crippen molar-refractivity contribution in [2.24, 2.45) is 0 Å². The minimum atomic E-state index is -4.29. The smallest absolute Gasteiger partial charge is 0.416 e. The van der Waals surface area contributed by atoms with Gasteiger partial charge in [-0.2, -0.15) is 13.2 Å². The summed E-state index contributed by atoms with van der Waals surface area (Å²) in [6.07, 6.45) is -2.01. The standard InChI is InChI=1S/C14H11F3O/c15-14(16,17)11-5-3-10(4-6-11)13-8-7-12(18-13)9-1-2-9/h3-9H,1-2H2. The van der Waals surface area contributed by atoms with Crippen LogP contribution in [0.4, 0.5) is 13.2 Å². The first-order chi connectivity index (χ1) is 8.54. The summed E-state index contributed by atoms with van der Waals surface area (Å²) in [5, 5.41) is 0. The summed E-state index contributed by atoms with van der Waals surface area (Å²) in [5.41, 5.74) is 0.0372. The summed E-state index contributed by atoms with van der Waals surface area (Å²) < 4.78 is 42.9. The molecule has 0 spiro atoms. The van der Waals surface area contributed by atoms with Crippen LogP contribution in [0.15, 0.2) is 40.8 Å². The third kappa shape index (κ3) is 2.15. The molecule has 0 aliphatic heterocycles. The van der Waals surface area contributed by atoms with Crippen LogP contribution in [-0.4, -0.2) is 0 Å². The fourth-order valence-corrected chi connectivity index (χ4v) is 1.92. The van der Waals surface area contributed by atoms with E-state index >= 15 is 0 Å². The van der Waals surface area contributed by atoms with Crippen molar-refractivity contribution in [2.75, 3.05) is 0 Å². The molecule has 1 aliphatic rings. The molecule has 0 radical (unpaired) electrons. The summed E-state index contributed by atoms with van der Waals surface area (Å²) in [4.78, 5) is 0. The Morgan fingerprint density at radius 1 is 0.944 bits per heavy atom. The molecule has 4 heteroatoms. The molecule has 1 aromatic carbocycles. The number of hydrogen-bond acceptors (Lipinski definition) is 1. The van der Waals surface area contributed by atoms with E-state index in [0.717, 1.165) is 30.7 Å². The lowest BCUT2D eigenvalue weighted by Crippen LogP contribution is -2.03. The highest BCUT2D eigenvalue weighted by molar-refractivity contribution is 5.58. The van der Waals surface area contributed by atoms with Gasteiger partial charge in [0.05, 0.1) is 5.56 Å². The number of furan rings is 1. The monoisotopic (exact) mass is 252 g/mol. The lowest BCUT2D eigenvalue weighted by molar-refractivity contribution is -0.137. The topological polar surface area (TPSA) is 13.1 Å². The fourth-order valence-electron chi connectivity index (χ4n) is 1.92. The van der Waals surface area contributed by atoms with Gasteiger partial charge in [0.1, 0.15) is 11.5 Å². The van der Waals surface area contributed by atoms with Gasteiger partial charge >= 0.3 is 6.18 Å². The third-order valence-corrected chi connectivity index (χ3v) is 3.10. The van der Waals surface area contributed by atoms with Gasteiger partial charge in [0.25, 0.3) is 0 Å². The highest BCUT2D eigenvalue weighted by Crippen LogP contribution is 2.42. The molecular weight excluding hydrogens is 241 g/mol. The minimum Gasteiger partial charge on any atom is -0.461 e. The highest BCUT2D eigenvalue weighted by Gasteiger charge is 2.30. The van der Waals surface area contributed by atoms with Gasteiger partial charge in [0.15, 0.2) is 0 Å². The van der Waals surface area contributed by atoms with Gasteiger partial charge in [-0.3, -0.25) is 0 Å². The van der Waals surface area contributed by atoms with Crippen molar-refractivity contribution in [3.05, 3.63) is 47.7 Å². The predicted octanol–water partition coefficient (Wildman–Crippen LogP) is 4.84. The lowest BCUT2D eigenvalue weighted by atomic mass is 10.1. The van der Waals surface area contributed by atoms with Gasteiger partial charge in [-0.1, -0.05) is 12.1 Å². The summed E-state index contributed by atoms with van der Waals surface area (Å²) in [5.74, 6) is 2.07. The van der Waals surface area contributed by atoms with E-state index in [1.54, 1.807) is 0 Å². The Bertz CT molecular complexity index is 547. The van der Waals surface area contributed by atoms with Gasteiger partial charge in [0, 0.05) is 11.5 Å². The molecule has 1 aliphatic carbocycles. The van der Waals surface area contributed by atoms with Gasteiger partial charge < -0.3 is 4.42 Å². The van der Waals surface area contributed by atoms with Crippen molar-refractivity contribution in [1.82, 2.24) is 0 Å². The van der Waals surface area contributed by atoms with Crippen LogP contribution < -0.4 is 0 Å². The van der Waals surface area contributed by atoms with Crippen LogP contribution in [0.5, 0.6) is 0 Å². The van der Waals surface area contributed by atoms with E-state index in [4.69, 9.17) is 4.42 Å². The zero-order valence-corrected chi connectivity index (χ0v) is 9.50. The van der Waals surface area contributed by atoms with Crippen molar-refractivity contribution in [3.8, 4) is 11.3 Å². The van der Waals surface area contributed by atoms with E-state index in [-0.39, 0.29) is 0 Å². The van der Waals surface area contributed by atoms with Crippen LogP contribution in [0.2, 0.25) is 0 Å². The molecule has 1 fully saturated rings. The van der Waals surface area contributed by atoms with Gasteiger partial charge in [0.2, 0.25) is 0 Å². The fraction of sp³-hybridized carbons (Fsp3) is 0.286. The van der Waals surface area contributed by atoms with Crippen LogP contribution in [-0.2, 0) is 6.18 Å². The van der Waals surface area contributed by atoms with Crippen molar-refractivity contribution in [2.45, 2.75) is 24.9 Å². The molecule has 18 heavy (non-hydrogen) atoms. The Labute approximate surface area is 102 Å². The van der Waals surface area contributed by atoms with Gasteiger partial charge in [-0.05, 0) is 37.1 Å². The molecule has 3 rings (SSSR count). The second-order valence-electron chi connectivity index (χ2n) is 4.55. The molecule has 0 saturated heterocycles. The summed E-state index contributed by atoms with van der Waals surface area (Å²) in [6.45, 7) is 0. The number of alkyl halides is 3. The molecule has 1 nitrogen and oxygen atoms in total. The van der Waals surface area contributed by atoms with E-state index < -0.39 is 11.7 Å². The van der Waals surface area contributed by atoms with Crippen molar-refractivity contribution in [1.29, 1.82) is 0 Å². The first-order valence-electron chi connectivity index (χ1n) is 5.81. The van der Waals surface area contributed by atoms with Gasteiger partial charge in [-0.15, -0.1) is 0 Å². The maximum absolute atomic E-state index is 12.4. The van der Waals surface area contributed by atoms with Gasteiger partial charge in [-0.25, -0.2) is 0 Å². The molecule has 0 unspecified atom stereocenters. The summed E-state index contributed by atoms with van der Waals surface area (Å²) >= 11 is 0. The van der Waals surface area contributed by atoms with E-state index in [0.29, 0.717) is 17.2 Å². The number of rotatable bonds is 2. The summed E-state index contributed by atoms with van der Waals surface area (Å²) in [6, 6.07) is 8.76. The number of benzene rings is 1. The molecular formula is C14H11F3O. The first kappa shape index (κ1) is 11.4. The van der Waals surface area contributed by atoms with Crippen LogP contribution >= 0.6 is 0 Å². The molecule has 1 aromatic heterocycles. The lowest BCUT2D eigenvalue weighted by Gasteiger charge is -2.06. The SMILES string of the molecule is FC(F)(F)c1ccc(-c2ccc(C3CC3)o2)cc1. The van der Waals surface area contributed by atoms with E-state index in [1.165, 1.54) is 12.1 Å². The highest BCUT2D eigenvalue weighted by atomic mass is 19.4. The van der Waals surface area contributed by atoms with Crippen molar-refractivity contribution < 1.29 is 17.6 Å². The largest absolute Gasteiger partial charge is 0.461 e. The molecule has 0 bridgehead atoms. The molecule has 2 aromatic rings. The molecule has 1 saturated carbocycles. The van der Waals surface area contributed by atoms with Crippen LogP contribution in [0.1, 0.15) is 30.1 Å². The van der Waals surface area contributed by atoms with E-state index in [1.807, 2.05) is 12.1 Å². The molecule has 0 atom stereocenters. The zero-order valence-electron chi connectivity index (χ0n) is 9.50. The molecule has 0 N–H and O–H groups in total. The number of hydrogen-bond donors (Lipinski definition) is 0. The molecule has 1 heterocycles. The zero-order chi connectivity index (χ0) is 12.8. The Hall–Kier alpha value is -1.71. The van der Waals surface area contributed by atoms with Crippen molar-refractivity contribution >= 4 is 0 Å². The maximum atomic E-state index is 12.4. The van der Waals surface area contributed by atoms with Crippen LogP contribution in [0.3, 0.4) is 0 Å². The van der Waals surface area contributed by atoms with E-state index in [2.05, 4.69) is 0 Å². The first-order valence-corrected chi connectivity index (χ1v) is 5.81. The minimum absolute atomic E-state index is 0.508. The Kier molecular flexibility index (Phi) is 2.47. The average Bonchev–Trinajstić information content (AvgIpc) is 3.06. The number of halogens is 3. The Morgan fingerprint density at radius 2 is 1.61 bits per heavy atom. The predicted molar refractivity (Wildman–Crippen MR) is 61.1 cm³/mol. The third-order valence-electron chi connectivity index (χ3n) is 3.10. The van der Waals surface area contributed by atoms with Crippen LogP contribution in [0, 0.1) is 0 Å². The Balaban J connectivity index is 1.87.